The molecule has 0 saturated carbocycles. The summed E-state index contributed by atoms with van der Waals surface area (Å²) in [6.07, 6.45) is 1.94. The summed E-state index contributed by atoms with van der Waals surface area (Å²) in [5.74, 6) is 0.327. The standard InChI is InChI=1S/C23H33N5O4/c29-21(24-19-3-5-20(6-4-19)28-8-1-2-22(28)30)7-9-25-10-12-26(13-11-25)18-23(31)27-14-16-32-17-15-27/h3-6H,1-2,7-18H2,(H,24,29). The molecular formula is C23H33N5O4. The van der Waals surface area contributed by atoms with E-state index >= 15 is 0 Å². The third kappa shape index (κ3) is 6.05. The summed E-state index contributed by atoms with van der Waals surface area (Å²) in [6.45, 7) is 7.98. The molecule has 32 heavy (non-hydrogen) atoms. The van der Waals surface area contributed by atoms with Crippen molar-refractivity contribution < 1.29 is 19.1 Å². The molecule has 0 spiro atoms. The van der Waals surface area contributed by atoms with E-state index in [0.29, 0.717) is 52.2 Å². The molecule has 1 N–H and O–H groups in total. The molecule has 3 amide bonds. The van der Waals surface area contributed by atoms with Crippen molar-refractivity contribution >= 4 is 29.1 Å². The molecule has 0 radical (unpaired) electrons. The number of carbonyl (C=O) groups is 3. The Labute approximate surface area is 189 Å². The quantitative estimate of drug-likeness (QED) is 0.665. The van der Waals surface area contributed by atoms with E-state index in [2.05, 4.69) is 15.1 Å². The lowest BCUT2D eigenvalue weighted by molar-refractivity contribution is -0.136. The number of morpholine rings is 1. The lowest BCUT2D eigenvalue weighted by Gasteiger charge is -2.35. The molecule has 174 valence electrons. The van der Waals surface area contributed by atoms with Crippen molar-refractivity contribution in [3.05, 3.63) is 24.3 Å². The lowest BCUT2D eigenvalue weighted by Crippen LogP contribution is -2.51. The van der Waals surface area contributed by atoms with Crippen molar-refractivity contribution in [2.45, 2.75) is 19.3 Å². The summed E-state index contributed by atoms with van der Waals surface area (Å²) in [6, 6.07) is 7.47. The highest BCUT2D eigenvalue weighted by molar-refractivity contribution is 5.96. The van der Waals surface area contributed by atoms with Gasteiger partial charge in [-0.2, -0.15) is 0 Å². The average molecular weight is 444 g/mol. The first-order chi connectivity index (χ1) is 15.6. The summed E-state index contributed by atoms with van der Waals surface area (Å²) in [4.78, 5) is 44.7. The van der Waals surface area contributed by atoms with Crippen LogP contribution in [0, 0.1) is 0 Å². The molecular weight excluding hydrogens is 410 g/mol. The molecule has 9 heteroatoms. The Bertz CT molecular complexity index is 801. The van der Waals surface area contributed by atoms with Crippen LogP contribution in [0.25, 0.3) is 0 Å². The molecule has 1 aromatic rings. The third-order valence-electron chi connectivity index (χ3n) is 6.38. The third-order valence-corrected chi connectivity index (χ3v) is 6.38. The fourth-order valence-corrected chi connectivity index (χ4v) is 4.40. The second kappa shape index (κ2) is 10.9. The number of hydrogen-bond donors (Lipinski definition) is 1. The van der Waals surface area contributed by atoms with Gasteiger partial charge in [-0.25, -0.2) is 0 Å². The number of nitrogens with zero attached hydrogens (tertiary/aromatic N) is 4. The Morgan fingerprint density at radius 2 is 1.59 bits per heavy atom. The predicted molar refractivity (Wildman–Crippen MR) is 122 cm³/mol. The fraction of sp³-hybridized carbons (Fsp3) is 0.609. The molecule has 3 aliphatic heterocycles. The van der Waals surface area contributed by atoms with E-state index in [4.69, 9.17) is 4.74 Å². The lowest BCUT2D eigenvalue weighted by atomic mass is 10.2. The van der Waals surface area contributed by atoms with Gasteiger partial charge in [-0.3, -0.25) is 19.3 Å². The van der Waals surface area contributed by atoms with Crippen LogP contribution in [0.4, 0.5) is 11.4 Å². The summed E-state index contributed by atoms with van der Waals surface area (Å²) < 4.78 is 5.31. The van der Waals surface area contributed by atoms with Gasteiger partial charge in [-0.15, -0.1) is 0 Å². The van der Waals surface area contributed by atoms with Crippen LogP contribution in [-0.4, -0.2) is 105 Å². The Morgan fingerprint density at radius 3 is 2.25 bits per heavy atom. The number of carbonyl (C=O) groups excluding carboxylic acids is 3. The minimum absolute atomic E-state index is 0.0140. The van der Waals surface area contributed by atoms with Gasteiger partial charge in [0.05, 0.1) is 19.8 Å². The molecule has 0 aromatic heterocycles. The Kier molecular flexibility index (Phi) is 7.72. The van der Waals surface area contributed by atoms with Gasteiger partial charge in [0.2, 0.25) is 17.7 Å². The van der Waals surface area contributed by atoms with E-state index in [0.717, 1.165) is 50.5 Å². The normalized spacial score (nSPS) is 20.6. The van der Waals surface area contributed by atoms with E-state index in [1.165, 1.54) is 0 Å². The number of piperazine rings is 1. The molecule has 3 fully saturated rings. The predicted octanol–water partition coefficient (Wildman–Crippen LogP) is 0.618. The van der Waals surface area contributed by atoms with E-state index in [9.17, 15) is 14.4 Å². The minimum atomic E-state index is -0.0140. The SMILES string of the molecule is O=C(CCN1CCN(CC(=O)N2CCOCC2)CC1)Nc1ccc(N2CCCC2=O)cc1. The number of rotatable bonds is 7. The largest absolute Gasteiger partial charge is 0.378 e. The number of anilines is 2. The summed E-state index contributed by atoms with van der Waals surface area (Å²) in [7, 11) is 0. The van der Waals surface area contributed by atoms with E-state index in [-0.39, 0.29) is 17.7 Å². The summed E-state index contributed by atoms with van der Waals surface area (Å²) >= 11 is 0. The maximum absolute atomic E-state index is 12.4. The zero-order valence-corrected chi connectivity index (χ0v) is 18.6. The number of hydrogen-bond acceptors (Lipinski definition) is 6. The zero-order chi connectivity index (χ0) is 22.3. The van der Waals surface area contributed by atoms with Gasteiger partial charge in [0.25, 0.3) is 0 Å². The molecule has 9 nitrogen and oxygen atoms in total. The second-order valence-electron chi connectivity index (χ2n) is 8.60. The van der Waals surface area contributed by atoms with Crippen molar-refractivity contribution in [2.24, 2.45) is 0 Å². The van der Waals surface area contributed by atoms with Gasteiger partial charge < -0.3 is 24.8 Å². The van der Waals surface area contributed by atoms with Crippen molar-refractivity contribution in [3.8, 4) is 0 Å². The number of nitrogens with one attached hydrogen (secondary N) is 1. The molecule has 3 aliphatic rings. The van der Waals surface area contributed by atoms with Gasteiger partial charge in [0.15, 0.2) is 0 Å². The molecule has 0 bridgehead atoms. The molecule has 3 saturated heterocycles. The molecule has 3 heterocycles. The minimum Gasteiger partial charge on any atom is -0.378 e. The first kappa shape index (κ1) is 22.7. The van der Waals surface area contributed by atoms with Crippen molar-refractivity contribution in [1.82, 2.24) is 14.7 Å². The maximum atomic E-state index is 12.4. The van der Waals surface area contributed by atoms with Gasteiger partial charge in [-0.1, -0.05) is 0 Å². The van der Waals surface area contributed by atoms with Crippen LogP contribution in [0.5, 0.6) is 0 Å². The van der Waals surface area contributed by atoms with Crippen LogP contribution in [-0.2, 0) is 19.1 Å². The van der Waals surface area contributed by atoms with Crippen molar-refractivity contribution in [2.75, 3.05) is 82.3 Å². The molecule has 0 unspecified atom stereocenters. The van der Waals surface area contributed by atoms with Crippen LogP contribution in [0.15, 0.2) is 24.3 Å². The summed E-state index contributed by atoms with van der Waals surface area (Å²) in [5, 5.41) is 2.94. The Balaban J connectivity index is 1.14. The van der Waals surface area contributed by atoms with Gasteiger partial charge in [0.1, 0.15) is 0 Å². The Morgan fingerprint density at radius 1 is 0.906 bits per heavy atom. The molecule has 0 atom stereocenters. The zero-order valence-electron chi connectivity index (χ0n) is 18.6. The topological polar surface area (TPSA) is 85.4 Å². The van der Waals surface area contributed by atoms with Crippen LogP contribution < -0.4 is 10.2 Å². The molecule has 0 aliphatic carbocycles. The highest BCUT2D eigenvalue weighted by Gasteiger charge is 2.23. The van der Waals surface area contributed by atoms with E-state index in [1.807, 2.05) is 29.2 Å². The second-order valence-corrected chi connectivity index (χ2v) is 8.60. The number of ether oxygens (including phenoxy) is 1. The monoisotopic (exact) mass is 443 g/mol. The van der Waals surface area contributed by atoms with Gasteiger partial charge in [-0.05, 0) is 30.7 Å². The highest BCUT2D eigenvalue weighted by Crippen LogP contribution is 2.23. The maximum Gasteiger partial charge on any atom is 0.236 e. The van der Waals surface area contributed by atoms with Crippen LogP contribution in [0.3, 0.4) is 0 Å². The van der Waals surface area contributed by atoms with Crippen molar-refractivity contribution in [3.63, 3.8) is 0 Å². The van der Waals surface area contributed by atoms with Gasteiger partial charge >= 0.3 is 0 Å². The van der Waals surface area contributed by atoms with E-state index < -0.39 is 0 Å². The molecule has 4 rings (SSSR count). The first-order valence-electron chi connectivity index (χ1n) is 11.6. The highest BCUT2D eigenvalue weighted by atomic mass is 16.5. The van der Waals surface area contributed by atoms with E-state index in [1.54, 1.807) is 4.90 Å². The van der Waals surface area contributed by atoms with Crippen LogP contribution >= 0.6 is 0 Å². The average Bonchev–Trinajstić information content (AvgIpc) is 3.25. The number of amides is 3. The van der Waals surface area contributed by atoms with Gasteiger partial charge in [0, 0.05) is 76.6 Å². The fourth-order valence-electron chi connectivity index (χ4n) is 4.40. The number of benzene rings is 1. The van der Waals surface area contributed by atoms with Crippen LogP contribution in [0.2, 0.25) is 0 Å². The first-order valence-corrected chi connectivity index (χ1v) is 11.6. The van der Waals surface area contributed by atoms with Crippen molar-refractivity contribution in [1.29, 1.82) is 0 Å². The van der Waals surface area contributed by atoms with Crippen LogP contribution in [0.1, 0.15) is 19.3 Å². The Hall–Kier alpha value is -2.49. The summed E-state index contributed by atoms with van der Waals surface area (Å²) in [5.41, 5.74) is 1.63. The smallest absolute Gasteiger partial charge is 0.236 e. The molecule has 1 aromatic carbocycles.